The number of thioether (sulfide) groups is 1. The molecule has 1 aromatic carbocycles. The summed E-state index contributed by atoms with van der Waals surface area (Å²) >= 11 is 1.37. The second-order valence-corrected chi connectivity index (χ2v) is 7.27. The molecule has 3 aromatic rings. The standard InChI is InChI=1S/C18H20N6OS/c1-12-15-16(19)24(13-7-3-2-4-8-13)18(20-17(15)22-21-12)26-11-14(25)23-9-5-6-10-23/h2-4,7-8,19H,5-6,9-11H2,1H3,(H,21,22). The molecule has 134 valence electrons. The maximum Gasteiger partial charge on any atom is 0.233 e. The number of rotatable bonds is 4. The summed E-state index contributed by atoms with van der Waals surface area (Å²) in [4.78, 5) is 19.0. The number of para-hydroxylation sites is 1. The van der Waals surface area contributed by atoms with Crippen molar-refractivity contribution in [2.75, 3.05) is 18.8 Å². The number of nitrogens with zero attached hydrogens (tertiary/aromatic N) is 4. The third-order valence-corrected chi connectivity index (χ3v) is 5.51. The maximum absolute atomic E-state index is 12.4. The van der Waals surface area contributed by atoms with Crippen LogP contribution < -0.4 is 5.49 Å². The van der Waals surface area contributed by atoms with Crippen molar-refractivity contribution in [1.29, 1.82) is 5.41 Å². The minimum atomic E-state index is 0.126. The summed E-state index contributed by atoms with van der Waals surface area (Å²) in [6.07, 6.45) is 2.16. The SMILES string of the molecule is Cc1n[nH]c2nc(SCC(=O)N3CCCC3)n(-c3ccccc3)c(=N)c12. The van der Waals surface area contributed by atoms with Crippen LogP contribution in [0.15, 0.2) is 35.5 Å². The molecule has 0 radical (unpaired) electrons. The number of carbonyl (C=O) groups excluding carboxylic acids is 1. The summed E-state index contributed by atoms with van der Waals surface area (Å²) in [7, 11) is 0. The van der Waals surface area contributed by atoms with Gasteiger partial charge in [0.1, 0.15) is 5.49 Å². The lowest BCUT2D eigenvalue weighted by Crippen LogP contribution is -2.29. The van der Waals surface area contributed by atoms with Crippen LogP contribution in [0, 0.1) is 12.3 Å². The third-order valence-electron chi connectivity index (χ3n) is 4.59. The second-order valence-electron chi connectivity index (χ2n) is 6.32. The molecule has 0 bridgehead atoms. The van der Waals surface area contributed by atoms with Gasteiger partial charge in [0.2, 0.25) is 5.91 Å². The third kappa shape index (κ3) is 3.01. The quantitative estimate of drug-likeness (QED) is 0.546. The molecule has 1 aliphatic rings. The largest absolute Gasteiger partial charge is 0.342 e. The first-order valence-electron chi connectivity index (χ1n) is 8.63. The zero-order chi connectivity index (χ0) is 18.1. The molecule has 4 rings (SSSR count). The lowest BCUT2D eigenvalue weighted by molar-refractivity contribution is -0.127. The van der Waals surface area contributed by atoms with Crippen molar-refractivity contribution in [3.05, 3.63) is 41.5 Å². The fraction of sp³-hybridized carbons (Fsp3) is 0.333. The van der Waals surface area contributed by atoms with E-state index in [0.717, 1.165) is 37.3 Å². The summed E-state index contributed by atoms with van der Waals surface area (Å²) in [5.41, 5.74) is 2.50. The maximum atomic E-state index is 12.4. The molecule has 2 N–H and O–H groups in total. The van der Waals surface area contributed by atoms with Gasteiger partial charge in [0.15, 0.2) is 10.8 Å². The van der Waals surface area contributed by atoms with Crippen LogP contribution in [0.25, 0.3) is 16.7 Å². The summed E-state index contributed by atoms with van der Waals surface area (Å²) in [6, 6.07) is 9.67. The Hall–Kier alpha value is -2.61. The first kappa shape index (κ1) is 16.8. The molecule has 2 aromatic heterocycles. The molecule has 0 saturated carbocycles. The van der Waals surface area contributed by atoms with Crippen molar-refractivity contribution in [2.24, 2.45) is 0 Å². The second kappa shape index (κ2) is 6.95. The van der Waals surface area contributed by atoms with Crippen molar-refractivity contribution >= 4 is 28.7 Å². The molecular formula is C18H20N6OS. The number of fused-ring (bicyclic) bond motifs is 1. The van der Waals surface area contributed by atoms with E-state index in [9.17, 15) is 4.79 Å². The van der Waals surface area contributed by atoms with Crippen LogP contribution >= 0.6 is 11.8 Å². The zero-order valence-corrected chi connectivity index (χ0v) is 15.3. The predicted molar refractivity (Wildman–Crippen MR) is 100 cm³/mol. The van der Waals surface area contributed by atoms with Gasteiger partial charge in [0, 0.05) is 18.8 Å². The van der Waals surface area contributed by atoms with Crippen LogP contribution in [0.1, 0.15) is 18.5 Å². The summed E-state index contributed by atoms with van der Waals surface area (Å²) in [5.74, 6) is 0.444. The lowest BCUT2D eigenvalue weighted by Gasteiger charge is -2.16. The highest BCUT2D eigenvalue weighted by atomic mass is 32.2. The molecule has 0 aliphatic carbocycles. The van der Waals surface area contributed by atoms with Gasteiger partial charge in [-0.15, -0.1) is 0 Å². The summed E-state index contributed by atoms with van der Waals surface area (Å²) < 4.78 is 1.78. The average Bonchev–Trinajstić information content (AvgIpc) is 3.31. The first-order valence-corrected chi connectivity index (χ1v) is 9.62. The van der Waals surface area contributed by atoms with Gasteiger partial charge in [-0.05, 0) is 31.9 Å². The molecule has 1 fully saturated rings. The number of aromatic nitrogens is 4. The van der Waals surface area contributed by atoms with E-state index in [1.165, 1.54) is 11.8 Å². The van der Waals surface area contributed by atoms with Gasteiger partial charge in [-0.2, -0.15) is 5.10 Å². The van der Waals surface area contributed by atoms with Gasteiger partial charge >= 0.3 is 0 Å². The van der Waals surface area contributed by atoms with E-state index in [-0.39, 0.29) is 5.91 Å². The Morgan fingerprint density at radius 2 is 2.00 bits per heavy atom. The molecule has 1 saturated heterocycles. The normalized spacial score (nSPS) is 14.3. The zero-order valence-electron chi connectivity index (χ0n) is 14.5. The van der Waals surface area contributed by atoms with E-state index < -0.39 is 0 Å². The monoisotopic (exact) mass is 368 g/mol. The van der Waals surface area contributed by atoms with Crippen LogP contribution in [0.4, 0.5) is 0 Å². The highest BCUT2D eigenvalue weighted by molar-refractivity contribution is 7.99. The molecule has 0 spiro atoms. The van der Waals surface area contributed by atoms with E-state index in [1.807, 2.05) is 42.2 Å². The lowest BCUT2D eigenvalue weighted by atomic mass is 10.3. The Kier molecular flexibility index (Phi) is 4.50. The van der Waals surface area contributed by atoms with Gasteiger partial charge in [-0.3, -0.25) is 19.9 Å². The predicted octanol–water partition coefficient (Wildman–Crippen LogP) is 2.25. The van der Waals surface area contributed by atoms with Crippen LogP contribution in [-0.2, 0) is 4.79 Å². The highest BCUT2D eigenvalue weighted by Crippen LogP contribution is 2.22. The number of amides is 1. The van der Waals surface area contributed by atoms with Gasteiger partial charge in [0.25, 0.3) is 0 Å². The average molecular weight is 368 g/mol. The van der Waals surface area contributed by atoms with Crippen LogP contribution in [0.5, 0.6) is 0 Å². The van der Waals surface area contributed by atoms with Crippen molar-refractivity contribution in [2.45, 2.75) is 24.9 Å². The summed E-state index contributed by atoms with van der Waals surface area (Å²) in [6.45, 7) is 3.54. The number of H-pyrrole nitrogens is 1. The number of aromatic amines is 1. The molecule has 1 aliphatic heterocycles. The molecule has 8 heteroatoms. The Bertz CT molecular complexity index is 1000. The molecular weight excluding hydrogens is 348 g/mol. The van der Waals surface area contributed by atoms with E-state index in [1.54, 1.807) is 4.57 Å². The fourth-order valence-electron chi connectivity index (χ4n) is 3.23. The highest BCUT2D eigenvalue weighted by Gasteiger charge is 2.20. The molecule has 26 heavy (non-hydrogen) atoms. The topological polar surface area (TPSA) is 90.7 Å². The fourth-order valence-corrected chi connectivity index (χ4v) is 4.15. The Labute approximate surface area is 154 Å². The minimum absolute atomic E-state index is 0.126. The Morgan fingerprint density at radius 3 is 2.73 bits per heavy atom. The van der Waals surface area contributed by atoms with Crippen LogP contribution in [0.2, 0.25) is 0 Å². The van der Waals surface area contributed by atoms with Crippen LogP contribution in [0.3, 0.4) is 0 Å². The first-order chi connectivity index (χ1) is 12.6. The number of nitrogens with one attached hydrogen (secondary N) is 2. The smallest absolute Gasteiger partial charge is 0.233 e. The minimum Gasteiger partial charge on any atom is -0.342 e. The van der Waals surface area contributed by atoms with Crippen LogP contribution in [-0.4, -0.2) is 49.4 Å². The molecule has 0 atom stereocenters. The van der Waals surface area contributed by atoms with E-state index >= 15 is 0 Å². The van der Waals surface area contributed by atoms with Gasteiger partial charge in [-0.1, -0.05) is 30.0 Å². The number of aryl methyl sites for hydroxylation is 1. The number of hydrogen-bond donors (Lipinski definition) is 2. The number of likely N-dealkylation sites (tertiary alicyclic amines) is 1. The number of carbonyl (C=O) groups is 1. The molecule has 1 amide bonds. The van der Waals surface area contributed by atoms with E-state index in [4.69, 9.17) is 5.41 Å². The number of hydrogen-bond acceptors (Lipinski definition) is 5. The van der Waals surface area contributed by atoms with Gasteiger partial charge in [-0.25, -0.2) is 4.98 Å². The Morgan fingerprint density at radius 1 is 1.27 bits per heavy atom. The van der Waals surface area contributed by atoms with Gasteiger partial charge < -0.3 is 4.90 Å². The Balaban J connectivity index is 1.75. The molecule has 7 nitrogen and oxygen atoms in total. The van der Waals surface area contributed by atoms with E-state index in [0.29, 0.717) is 27.4 Å². The van der Waals surface area contributed by atoms with Crippen molar-refractivity contribution in [1.82, 2.24) is 24.6 Å². The van der Waals surface area contributed by atoms with Gasteiger partial charge in [0.05, 0.1) is 16.8 Å². The van der Waals surface area contributed by atoms with Crippen molar-refractivity contribution in [3.63, 3.8) is 0 Å². The van der Waals surface area contributed by atoms with Crippen molar-refractivity contribution in [3.8, 4) is 5.69 Å². The van der Waals surface area contributed by atoms with Crippen molar-refractivity contribution < 1.29 is 4.79 Å². The molecule has 3 heterocycles. The van der Waals surface area contributed by atoms with E-state index in [2.05, 4.69) is 15.2 Å². The molecule has 0 unspecified atom stereocenters. The number of benzene rings is 1. The summed E-state index contributed by atoms with van der Waals surface area (Å²) in [5, 5.41) is 17.1.